The standard InChI is InChI=1S/C15H18N2O4S/c1-9-5-6-13-14(7-9)20-10(2)8-17(13)22(18,19)15-11(3)16-21-12(15)4/h5-7,10H,8H2,1-4H3. The van der Waals surface area contributed by atoms with E-state index in [0.29, 0.717) is 22.9 Å². The first kappa shape index (κ1) is 14.9. The fraction of sp³-hybridized carbons (Fsp3) is 0.400. The van der Waals surface area contributed by atoms with Crippen molar-refractivity contribution in [3.8, 4) is 5.75 Å². The van der Waals surface area contributed by atoms with Crippen molar-refractivity contribution in [2.45, 2.75) is 38.7 Å². The molecule has 1 aromatic heterocycles. The zero-order valence-corrected chi connectivity index (χ0v) is 13.8. The van der Waals surface area contributed by atoms with Gasteiger partial charge in [0.1, 0.15) is 17.5 Å². The molecule has 3 rings (SSSR count). The molecule has 22 heavy (non-hydrogen) atoms. The lowest BCUT2D eigenvalue weighted by atomic mass is 10.2. The first-order chi connectivity index (χ1) is 10.3. The number of sulfonamides is 1. The normalized spacial score (nSPS) is 18.0. The van der Waals surface area contributed by atoms with Gasteiger partial charge >= 0.3 is 0 Å². The predicted molar refractivity (Wildman–Crippen MR) is 81.8 cm³/mol. The smallest absolute Gasteiger partial charge is 0.269 e. The Hall–Kier alpha value is -2.02. The van der Waals surface area contributed by atoms with Crippen LogP contribution in [-0.2, 0) is 10.0 Å². The first-order valence-corrected chi connectivity index (χ1v) is 8.47. The minimum atomic E-state index is -3.74. The third-order valence-electron chi connectivity index (χ3n) is 3.65. The van der Waals surface area contributed by atoms with E-state index in [-0.39, 0.29) is 17.5 Å². The summed E-state index contributed by atoms with van der Waals surface area (Å²) >= 11 is 0. The predicted octanol–water partition coefficient (Wildman–Crippen LogP) is 2.58. The Labute approximate surface area is 129 Å². The van der Waals surface area contributed by atoms with E-state index in [1.165, 1.54) is 4.31 Å². The quantitative estimate of drug-likeness (QED) is 0.849. The minimum Gasteiger partial charge on any atom is -0.487 e. The van der Waals surface area contributed by atoms with Gasteiger partial charge in [-0.25, -0.2) is 8.42 Å². The van der Waals surface area contributed by atoms with Crippen LogP contribution in [-0.4, -0.2) is 26.2 Å². The van der Waals surface area contributed by atoms with Gasteiger partial charge in [-0.2, -0.15) is 0 Å². The van der Waals surface area contributed by atoms with E-state index in [9.17, 15) is 8.42 Å². The van der Waals surface area contributed by atoms with Crippen LogP contribution in [0.3, 0.4) is 0 Å². The summed E-state index contributed by atoms with van der Waals surface area (Å²) < 4.78 is 38.3. The molecule has 0 aliphatic carbocycles. The molecule has 0 radical (unpaired) electrons. The minimum absolute atomic E-state index is 0.133. The van der Waals surface area contributed by atoms with Crippen LogP contribution in [0.5, 0.6) is 5.75 Å². The highest BCUT2D eigenvalue weighted by molar-refractivity contribution is 7.93. The lowest BCUT2D eigenvalue weighted by Gasteiger charge is -2.34. The molecule has 0 saturated carbocycles. The van der Waals surface area contributed by atoms with Crippen LogP contribution in [0.25, 0.3) is 0 Å². The average Bonchev–Trinajstić information content (AvgIpc) is 2.77. The Bertz CT molecular complexity index is 807. The van der Waals surface area contributed by atoms with Crippen molar-refractivity contribution in [2.75, 3.05) is 10.8 Å². The number of benzene rings is 1. The van der Waals surface area contributed by atoms with Crippen molar-refractivity contribution in [3.63, 3.8) is 0 Å². The Morgan fingerprint density at radius 1 is 1.27 bits per heavy atom. The third-order valence-corrected chi connectivity index (χ3v) is 5.68. The van der Waals surface area contributed by atoms with Crippen LogP contribution in [0, 0.1) is 20.8 Å². The Morgan fingerprint density at radius 3 is 2.64 bits per heavy atom. The van der Waals surface area contributed by atoms with Crippen molar-refractivity contribution in [2.24, 2.45) is 0 Å². The summed E-state index contributed by atoms with van der Waals surface area (Å²) in [5.41, 5.74) is 1.93. The number of aryl methyl sites for hydroxylation is 3. The molecule has 2 heterocycles. The maximum Gasteiger partial charge on any atom is 0.269 e. The van der Waals surface area contributed by atoms with Crippen molar-refractivity contribution >= 4 is 15.7 Å². The van der Waals surface area contributed by atoms with Gasteiger partial charge in [-0.15, -0.1) is 0 Å². The highest BCUT2D eigenvalue weighted by Gasteiger charge is 2.36. The fourth-order valence-electron chi connectivity index (χ4n) is 2.69. The molecule has 0 saturated heterocycles. The number of hydrogen-bond acceptors (Lipinski definition) is 5. The zero-order valence-electron chi connectivity index (χ0n) is 13.0. The summed E-state index contributed by atoms with van der Waals surface area (Å²) in [6.45, 7) is 7.27. The first-order valence-electron chi connectivity index (χ1n) is 7.03. The van der Waals surface area contributed by atoms with Gasteiger partial charge in [0.25, 0.3) is 10.0 Å². The van der Waals surface area contributed by atoms with Crippen LogP contribution in [0.15, 0.2) is 27.6 Å². The monoisotopic (exact) mass is 322 g/mol. The maximum atomic E-state index is 13.1. The van der Waals surface area contributed by atoms with Gasteiger partial charge in [0.15, 0.2) is 10.7 Å². The van der Waals surface area contributed by atoms with Gasteiger partial charge in [-0.1, -0.05) is 11.2 Å². The third kappa shape index (κ3) is 2.25. The average molecular weight is 322 g/mol. The Balaban J connectivity index is 2.17. The molecule has 1 aliphatic rings. The number of ether oxygens (including phenoxy) is 1. The molecule has 118 valence electrons. The topological polar surface area (TPSA) is 72.6 Å². The second kappa shape index (κ2) is 5.01. The van der Waals surface area contributed by atoms with Crippen molar-refractivity contribution in [1.29, 1.82) is 0 Å². The van der Waals surface area contributed by atoms with Gasteiger partial charge in [-0.3, -0.25) is 4.31 Å². The number of anilines is 1. The lowest BCUT2D eigenvalue weighted by Crippen LogP contribution is -2.42. The zero-order chi connectivity index (χ0) is 16.1. The molecule has 0 N–H and O–H groups in total. The molecular formula is C15H18N2O4S. The molecule has 0 amide bonds. The SMILES string of the molecule is Cc1ccc2c(c1)OC(C)CN2S(=O)(=O)c1c(C)noc1C. The molecule has 0 spiro atoms. The van der Waals surface area contributed by atoms with Crippen LogP contribution >= 0.6 is 0 Å². The van der Waals surface area contributed by atoms with Gasteiger partial charge in [-0.05, 0) is 45.4 Å². The summed E-state index contributed by atoms with van der Waals surface area (Å²) in [7, 11) is -3.74. The number of fused-ring (bicyclic) bond motifs is 1. The van der Waals surface area contributed by atoms with Crippen LogP contribution < -0.4 is 9.04 Å². The summed E-state index contributed by atoms with van der Waals surface area (Å²) in [5.74, 6) is 0.874. The van der Waals surface area contributed by atoms with Gasteiger partial charge in [0.05, 0.1) is 12.2 Å². The molecule has 1 unspecified atom stereocenters. The van der Waals surface area contributed by atoms with E-state index in [0.717, 1.165) is 5.56 Å². The maximum absolute atomic E-state index is 13.1. The molecule has 6 nitrogen and oxygen atoms in total. The van der Waals surface area contributed by atoms with Gasteiger partial charge in [0.2, 0.25) is 0 Å². The fourth-order valence-corrected chi connectivity index (χ4v) is 4.54. The van der Waals surface area contributed by atoms with Crippen molar-refractivity contribution in [3.05, 3.63) is 35.2 Å². The summed E-state index contributed by atoms with van der Waals surface area (Å²) in [4.78, 5) is 0.133. The van der Waals surface area contributed by atoms with E-state index in [4.69, 9.17) is 9.26 Å². The molecule has 0 bridgehead atoms. The summed E-state index contributed by atoms with van der Waals surface area (Å²) in [6.07, 6.45) is -0.232. The molecular weight excluding hydrogens is 304 g/mol. The second-order valence-electron chi connectivity index (χ2n) is 5.59. The number of rotatable bonds is 2. The summed E-state index contributed by atoms with van der Waals surface area (Å²) in [5, 5.41) is 3.75. The van der Waals surface area contributed by atoms with E-state index < -0.39 is 10.0 Å². The Morgan fingerprint density at radius 2 is 2.00 bits per heavy atom. The highest BCUT2D eigenvalue weighted by Crippen LogP contribution is 2.38. The van der Waals surface area contributed by atoms with E-state index in [2.05, 4.69) is 5.16 Å². The van der Waals surface area contributed by atoms with Crippen LogP contribution in [0.1, 0.15) is 23.9 Å². The molecule has 2 aromatic rings. The number of nitrogens with zero attached hydrogens (tertiary/aromatic N) is 2. The summed E-state index contributed by atoms with van der Waals surface area (Å²) in [6, 6.07) is 5.49. The molecule has 1 atom stereocenters. The van der Waals surface area contributed by atoms with Crippen molar-refractivity contribution < 1.29 is 17.7 Å². The lowest BCUT2D eigenvalue weighted by molar-refractivity contribution is 0.219. The second-order valence-corrected chi connectivity index (χ2v) is 7.39. The molecule has 1 aromatic carbocycles. The molecule has 0 fully saturated rings. The van der Waals surface area contributed by atoms with Crippen LogP contribution in [0.2, 0.25) is 0 Å². The van der Waals surface area contributed by atoms with E-state index >= 15 is 0 Å². The molecule has 1 aliphatic heterocycles. The van der Waals surface area contributed by atoms with Crippen molar-refractivity contribution in [1.82, 2.24) is 5.16 Å². The highest BCUT2D eigenvalue weighted by atomic mass is 32.2. The van der Waals surface area contributed by atoms with E-state index in [1.54, 1.807) is 19.9 Å². The molecule has 7 heteroatoms. The van der Waals surface area contributed by atoms with E-state index in [1.807, 2.05) is 26.0 Å². The largest absolute Gasteiger partial charge is 0.487 e. The number of hydrogen-bond donors (Lipinski definition) is 0. The Kier molecular flexibility index (Phi) is 3.40. The van der Waals surface area contributed by atoms with Crippen LogP contribution in [0.4, 0.5) is 5.69 Å². The van der Waals surface area contributed by atoms with Gasteiger partial charge in [0, 0.05) is 0 Å². The number of aromatic nitrogens is 1. The van der Waals surface area contributed by atoms with Gasteiger partial charge < -0.3 is 9.26 Å².